The van der Waals surface area contributed by atoms with Crippen molar-refractivity contribution in [3.63, 3.8) is 0 Å². The van der Waals surface area contributed by atoms with Crippen LogP contribution in [-0.4, -0.2) is 34.8 Å². The van der Waals surface area contributed by atoms with Crippen molar-refractivity contribution in [3.05, 3.63) is 119 Å². The van der Waals surface area contributed by atoms with Crippen molar-refractivity contribution in [1.29, 1.82) is 0 Å². The Bertz CT molecular complexity index is 1290. The van der Waals surface area contributed by atoms with Gasteiger partial charge in [0, 0.05) is 23.7 Å². The predicted octanol–water partition coefficient (Wildman–Crippen LogP) is 6.51. The van der Waals surface area contributed by atoms with Crippen molar-refractivity contribution in [3.8, 4) is 5.69 Å². The molecule has 4 aromatic rings. The number of nitrogens with one attached hydrogen (secondary N) is 1. The molecular formula is C32H35N3O3. The van der Waals surface area contributed by atoms with Gasteiger partial charge in [-0.3, -0.25) is 4.79 Å². The van der Waals surface area contributed by atoms with Crippen LogP contribution in [0, 0.1) is 0 Å². The number of hydrogen-bond donors (Lipinski definition) is 1. The van der Waals surface area contributed by atoms with Gasteiger partial charge >= 0.3 is 5.97 Å². The van der Waals surface area contributed by atoms with Crippen molar-refractivity contribution >= 4 is 11.9 Å². The topological polar surface area (TPSA) is 73.2 Å². The van der Waals surface area contributed by atoms with Gasteiger partial charge in [-0.1, -0.05) is 74.5 Å². The number of ether oxygens (including phenoxy) is 1. The zero-order valence-electron chi connectivity index (χ0n) is 22.3. The molecule has 0 fully saturated rings. The van der Waals surface area contributed by atoms with E-state index in [0.29, 0.717) is 18.7 Å². The molecule has 38 heavy (non-hydrogen) atoms. The molecule has 1 heterocycles. The first-order valence-electron chi connectivity index (χ1n) is 13.3. The largest absolute Gasteiger partial charge is 0.461 e. The van der Waals surface area contributed by atoms with Gasteiger partial charge < -0.3 is 10.1 Å². The molecule has 0 aliphatic rings. The standard InChI is InChI=1S/C32H35N3O3/c1-4-23(3)30-22-29(32(37)38-5-2)34-35(30)27-18-16-26(17-19-27)31(36)33-21-20-28(24-12-8-6-9-13-24)25-14-10-7-11-15-25/h6-19,22-23,28H,4-5,20-21H2,1-3H3,(H,33,36). The molecule has 6 heteroatoms. The van der Waals surface area contributed by atoms with Gasteiger partial charge in [0.25, 0.3) is 5.91 Å². The molecule has 6 nitrogen and oxygen atoms in total. The average Bonchev–Trinajstić information content (AvgIpc) is 3.42. The molecular weight excluding hydrogens is 474 g/mol. The summed E-state index contributed by atoms with van der Waals surface area (Å²) in [7, 11) is 0. The fourth-order valence-corrected chi connectivity index (χ4v) is 4.55. The number of esters is 1. The number of carbonyl (C=O) groups is 2. The maximum atomic E-state index is 12.9. The van der Waals surface area contributed by atoms with Crippen LogP contribution in [0.3, 0.4) is 0 Å². The Kier molecular flexibility index (Phi) is 9.09. The molecule has 0 radical (unpaired) electrons. The van der Waals surface area contributed by atoms with Crippen LogP contribution in [0.25, 0.3) is 5.69 Å². The minimum atomic E-state index is -0.434. The summed E-state index contributed by atoms with van der Waals surface area (Å²) in [5.41, 5.74) is 5.05. The lowest BCUT2D eigenvalue weighted by atomic mass is 9.88. The van der Waals surface area contributed by atoms with Gasteiger partial charge in [0.1, 0.15) is 0 Å². The molecule has 0 spiro atoms. The summed E-state index contributed by atoms with van der Waals surface area (Å²) in [6.07, 6.45) is 1.70. The van der Waals surface area contributed by atoms with E-state index in [1.165, 1.54) is 11.1 Å². The molecule has 0 aliphatic carbocycles. The molecule has 1 N–H and O–H groups in total. The number of hydrogen-bond acceptors (Lipinski definition) is 4. The van der Waals surface area contributed by atoms with Gasteiger partial charge in [-0.2, -0.15) is 5.10 Å². The van der Waals surface area contributed by atoms with Crippen molar-refractivity contribution < 1.29 is 14.3 Å². The molecule has 0 bridgehead atoms. The SMILES string of the molecule is CCOC(=O)c1cc(C(C)CC)n(-c2ccc(C(=O)NCCC(c3ccccc3)c3ccccc3)cc2)n1. The van der Waals surface area contributed by atoms with E-state index in [1.54, 1.807) is 29.8 Å². The summed E-state index contributed by atoms with van der Waals surface area (Å²) < 4.78 is 6.91. The van der Waals surface area contributed by atoms with Crippen LogP contribution in [0.1, 0.15) is 83.1 Å². The molecule has 1 unspecified atom stereocenters. The van der Waals surface area contributed by atoms with Gasteiger partial charge in [0.2, 0.25) is 0 Å². The lowest BCUT2D eigenvalue weighted by Gasteiger charge is -2.18. The van der Waals surface area contributed by atoms with E-state index in [1.807, 2.05) is 48.5 Å². The third kappa shape index (κ3) is 6.38. The highest BCUT2D eigenvalue weighted by Crippen LogP contribution is 2.27. The molecule has 4 rings (SSSR count). The molecule has 0 saturated heterocycles. The van der Waals surface area contributed by atoms with Gasteiger partial charge in [-0.05, 0) is 67.1 Å². The average molecular weight is 510 g/mol. The molecule has 196 valence electrons. The van der Waals surface area contributed by atoms with Crippen LogP contribution in [0.15, 0.2) is 91.0 Å². The zero-order chi connectivity index (χ0) is 26.9. The highest BCUT2D eigenvalue weighted by Gasteiger charge is 2.20. The van der Waals surface area contributed by atoms with Crippen LogP contribution in [0.5, 0.6) is 0 Å². The second-order valence-electron chi connectivity index (χ2n) is 9.36. The smallest absolute Gasteiger partial charge is 0.358 e. The minimum Gasteiger partial charge on any atom is -0.461 e. The fraction of sp³-hybridized carbons (Fsp3) is 0.281. The van der Waals surface area contributed by atoms with Crippen molar-refractivity contribution in [1.82, 2.24) is 15.1 Å². The highest BCUT2D eigenvalue weighted by atomic mass is 16.5. The second-order valence-corrected chi connectivity index (χ2v) is 9.36. The van der Waals surface area contributed by atoms with Crippen LogP contribution in [0.4, 0.5) is 0 Å². The highest BCUT2D eigenvalue weighted by molar-refractivity contribution is 5.94. The van der Waals surface area contributed by atoms with E-state index in [4.69, 9.17) is 4.74 Å². The Morgan fingerprint density at radius 1 is 0.895 bits per heavy atom. The van der Waals surface area contributed by atoms with Gasteiger partial charge in [0.05, 0.1) is 12.3 Å². The summed E-state index contributed by atoms with van der Waals surface area (Å²) in [5, 5.41) is 7.59. The maximum Gasteiger partial charge on any atom is 0.358 e. The van der Waals surface area contributed by atoms with Crippen molar-refractivity contribution in [2.45, 2.75) is 45.4 Å². The summed E-state index contributed by atoms with van der Waals surface area (Å²) in [4.78, 5) is 25.2. The fourth-order valence-electron chi connectivity index (χ4n) is 4.55. The Balaban J connectivity index is 1.45. The first kappa shape index (κ1) is 26.9. The molecule has 1 atom stereocenters. The van der Waals surface area contributed by atoms with Crippen LogP contribution < -0.4 is 5.32 Å². The van der Waals surface area contributed by atoms with Crippen LogP contribution >= 0.6 is 0 Å². The van der Waals surface area contributed by atoms with Gasteiger partial charge in [-0.25, -0.2) is 9.48 Å². The molecule has 0 saturated carbocycles. The lowest BCUT2D eigenvalue weighted by molar-refractivity contribution is 0.0518. The normalized spacial score (nSPS) is 11.8. The van der Waals surface area contributed by atoms with Gasteiger partial charge in [0.15, 0.2) is 5.69 Å². The number of amides is 1. The van der Waals surface area contributed by atoms with E-state index in [-0.39, 0.29) is 23.4 Å². The monoisotopic (exact) mass is 509 g/mol. The van der Waals surface area contributed by atoms with Gasteiger partial charge in [-0.15, -0.1) is 0 Å². The third-order valence-corrected chi connectivity index (χ3v) is 6.84. The maximum absolute atomic E-state index is 12.9. The Morgan fingerprint density at radius 2 is 1.50 bits per heavy atom. The predicted molar refractivity (Wildman–Crippen MR) is 150 cm³/mol. The van der Waals surface area contributed by atoms with Crippen molar-refractivity contribution in [2.24, 2.45) is 0 Å². The number of nitrogens with zero attached hydrogens (tertiary/aromatic N) is 2. The molecule has 0 aliphatic heterocycles. The lowest BCUT2D eigenvalue weighted by Crippen LogP contribution is -2.25. The minimum absolute atomic E-state index is 0.119. The second kappa shape index (κ2) is 12.9. The number of benzene rings is 3. The zero-order valence-corrected chi connectivity index (χ0v) is 22.3. The van der Waals surface area contributed by atoms with Crippen molar-refractivity contribution in [2.75, 3.05) is 13.2 Å². The number of rotatable bonds is 11. The quantitative estimate of drug-likeness (QED) is 0.234. The van der Waals surface area contributed by atoms with Crippen LogP contribution in [0.2, 0.25) is 0 Å². The summed E-state index contributed by atoms with van der Waals surface area (Å²) in [6, 6.07) is 29.9. The van der Waals surface area contributed by atoms with E-state index >= 15 is 0 Å². The Morgan fingerprint density at radius 3 is 2.05 bits per heavy atom. The van der Waals surface area contributed by atoms with E-state index in [0.717, 1.165) is 24.2 Å². The Hall–Kier alpha value is -4.19. The van der Waals surface area contributed by atoms with E-state index in [2.05, 4.69) is 48.5 Å². The number of carbonyl (C=O) groups excluding carboxylic acids is 2. The first-order chi connectivity index (χ1) is 18.5. The molecule has 3 aromatic carbocycles. The summed E-state index contributed by atoms with van der Waals surface area (Å²) in [5.74, 6) is -0.148. The number of aromatic nitrogens is 2. The van der Waals surface area contributed by atoms with E-state index in [9.17, 15) is 9.59 Å². The summed E-state index contributed by atoms with van der Waals surface area (Å²) >= 11 is 0. The first-order valence-corrected chi connectivity index (χ1v) is 13.3. The Labute approximate surface area is 224 Å². The molecule has 1 amide bonds. The van der Waals surface area contributed by atoms with E-state index < -0.39 is 5.97 Å². The van der Waals surface area contributed by atoms with Crippen LogP contribution in [-0.2, 0) is 4.74 Å². The third-order valence-electron chi connectivity index (χ3n) is 6.84. The molecule has 1 aromatic heterocycles. The summed E-state index contributed by atoms with van der Waals surface area (Å²) in [6.45, 7) is 6.82.